The largest absolute Gasteiger partial charge is 0.478 e. The molecule has 2 aliphatic rings. The molecule has 0 bridgehead atoms. The van der Waals surface area contributed by atoms with Gasteiger partial charge in [-0.15, -0.1) is 0 Å². The van der Waals surface area contributed by atoms with Crippen molar-refractivity contribution in [1.29, 1.82) is 0 Å². The highest BCUT2D eigenvalue weighted by Crippen LogP contribution is 2.46. The molecule has 0 N–H and O–H groups in total. The number of rotatable bonds is 0. The van der Waals surface area contributed by atoms with E-state index in [-0.39, 0.29) is 5.54 Å². The van der Waals surface area contributed by atoms with Crippen molar-refractivity contribution in [3.05, 3.63) is 30.5 Å². The number of likely N-dealkylation sites (N-methyl/N-ethyl adjacent to an activating group) is 1. The van der Waals surface area contributed by atoms with Crippen LogP contribution < -0.4 is 4.74 Å². The molecule has 3 heterocycles. The molecular weight excluding hydrogens is 294 g/mol. The predicted octanol–water partition coefficient (Wildman–Crippen LogP) is 2.70. The Kier molecular flexibility index (Phi) is 2.92. The summed E-state index contributed by atoms with van der Waals surface area (Å²) in [4.78, 5) is 11.1. The van der Waals surface area contributed by atoms with Crippen LogP contribution in [0.15, 0.2) is 35.5 Å². The number of ether oxygens (including phenoxy) is 3. The Bertz CT molecular complexity index is 818. The van der Waals surface area contributed by atoms with Crippen molar-refractivity contribution >= 4 is 22.5 Å². The number of pyridine rings is 1. The summed E-state index contributed by atoms with van der Waals surface area (Å²) in [6.07, 6.45) is 1.76. The molecule has 1 aromatic carbocycles. The highest BCUT2D eigenvalue weighted by molar-refractivity contribution is 5.99. The summed E-state index contributed by atoms with van der Waals surface area (Å²) >= 11 is 0. The molecule has 23 heavy (non-hydrogen) atoms. The molecule has 0 amide bonds. The summed E-state index contributed by atoms with van der Waals surface area (Å²) < 4.78 is 17.8. The van der Waals surface area contributed by atoms with Gasteiger partial charge in [-0.1, -0.05) is 0 Å². The highest BCUT2D eigenvalue weighted by atomic mass is 16.8. The lowest BCUT2D eigenvalue weighted by molar-refractivity contribution is -0.178. The average molecular weight is 313 g/mol. The fourth-order valence-electron chi connectivity index (χ4n) is 3.02. The number of hydrogen-bond donors (Lipinski definition) is 0. The van der Waals surface area contributed by atoms with E-state index in [4.69, 9.17) is 19.2 Å². The number of methoxy groups -OCH3 is 1. The maximum atomic E-state index is 6.26. The minimum Gasteiger partial charge on any atom is -0.478 e. The van der Waals surface area contributed by atoms with Crippen LogP contribution in [0.3, 0.4) is 0 Å². The van der Waals surface area contributed by atoms with Gasteiger partial charge in [0.05, 0.1) is 19.2 Å². The second kappa shape index (κ2) is 4.66. The summed E-state index contributed by atoms with van der Waals surface area (Å²) in [5.74, 6) is -0.0634. The van der Waals surface area contributed by atoms with Crippen LogP contribution in [0, 0.1) is 0 Å². The van der Waals surface area contributed by atoms with Gasteiger partial charge in [-0.05, 0) is 45.2 Å². The Labute approximate surface area is 134 Å². The highest BCUT2D eigenvalue weighted by Gasteiger charge is 2.58. The zero-order valence-corrected chi connectivity index (χ0v) is 13.7. The topological polar surface area (TPSA) is 56.2 Å². The number of fused-ring (bicyclic) bond motifs is 3. The maximum absolute atomic E-state index is 6.26. The molecule has 6 heteroatoms. The van der Waals surface area contributed by atoms with Crippen molar-refractivity contribution in [2.45, 2.75) is 25.3 Å². The van der Waals surface area contributed by atoms with E-state index in [9.17, 15) is 0 Å². The monoisotopic (exact) mass is 313 g/mol. The van der Waals surface area contributed by atoms with Crippen LogP contribution in [0.25, 0.3) is 10.9 Å². The number of aliphatic imine (C=N–C) groups is 1. The first kappa shape index (κ1) is 14.4. The summed E-state index contributed by atoms with van der Waals surface area (Å²) in [6.45, 7) is 4.72. The predicted molar refractivity (Wildman–Crippen MR) is 87.0 cm³/mol. The first-order valence-corrected chi connectivity index (χ1v) is 7.56. The van der Waals surface area contributed by atoms with E-state index in [2.05, 4.69) is 18.8 Å². The van der Waals surface area contributed by atoms with Crippen LogP contribution in [0.5, 0.6) is 5.75 Å². The van der Waals surface area contributed by atoms with Crippen molar-refractivity contribution in [2.24, 2.45) is 4.99 Å². The first-order chi connectivity index (χ1) is 11.0. The second-order valence-electron chi connectivity index (χ2n) is 6.45. The first-order valence-electron chi connectivity index (χ1n) is 7.56. The van der Waals surface area contributed by atoms with Crippen LogP contribution in [-0.2, 0) is 9.47 Å². The average Bonchev–Trinajstić information content (AvgIpc) is 2.79. The van der Waals surface area contributed by atoms with Gasteiger partial charge in [0.1, 0.15) is 5.69 Å². The van der Waals surface area contributed by atoms with Crippen molar-refractivity contribution in [2.75, 3.05) is 20.8 Å². The molecule has 1 aromatic heterocycles. The van der Waals surface area contributed by atoms with E-state index in [0.29, 0.717) is 18.3 Å². The summed E-state index contributed by atoms with van der Waals surface area (Å²) in [7, 11) is 3.54. The summed E-state index contributed by atoms with van der Waals surface area (Å²) in [6, 6.07) is 7.67. The Morgan fingerprint density at radius 1 is 1.26 bits per heavy atom. The van der Waals surface area contributed by atoms with Gasteiger partial charge >= 0.3 is 5.91 Å². The van der Waals surface area contributed by atoms with E-state index in [1.54, 1.807) is 13.3 Å². The van der Waals surface area contributed by atoms with E-state index >= 15 is 0 Å². The lowest BCUT2D eigenvalue weighted by Crippen LogP contribution is -2.59. The van der Waals surface area contributed by atoms with Gasteiger partial charge in [0, 0.05) is 17.1 Å². The van der Waals surface area contributed by atoms with Crippen LogP contribution >= 0.6 is 0 Å². The van der Waals surface area contributed by atoms with Gasteiger partial charge in [-0.25, -0.2) is 9.89 Å². The summed E-state index contributed by atoms with van der Waals surface area (Å²) in [5, 5.41) is 0.925. The van der Waals surface area contributed by atoms with Crippen molar-refractivity contribution < 1.29 is 14.2 Å². The maximum Gasteiger partial charge on any atom is 0.354 e. The molecule has 2 aromatic rings. The molecule has 1 unspecified atom stereocenters. The molecule has 120 valence electrons. The molecule has 2 aliphatic heterocycles. The Balaban J connectivity index is 1.92. The van der Waals surface area contributed by atoms with E-state index in [0.717, 1.165) is 16.6 Å². The van der Waals surface area contributed by atoms with Crippen molar-refractivity contribution in [3.8, 4) is 5.75 Å². The Morgan fingerprint density at radius 2 is 2.09 bits per heavy atom. The van der Waals surface area contributed by atoms with Gasteiger partial charge in [0.25, 0.3) is 5.90 Å². The smallest absolute Gasteiger partial charge is 0.354 e. The standard InChI is InChI=1S/C17H19N3O3/c1-16(2)10-22-17(20(16)3)15(21-4)19-14-11-6-5-9-18-12(11)7-8-13(14)23-17/h5-9H,10H2,1-4H3. The third-order valence-electron chi connectivity index (χ3n) is 4.62. The second-order valence-corrected chi connectivity index (χ2v) is 6.45. The quantitative estimate of drug-likeness (QED) is 0.748. The number of benzene rings is 1. The zero-order chi connectivity index (χ0) is 16.2. The molecular formula is C17H19N3O3. The normalized spacial score (nSPS) is 26.0. The molecule has 0 aliphatic carbocycles. The van der Waals surface area contributed by atoms with E-state index in [1.165, 1.54) is 0 Å². The minimum atomic E-state index is -1.12. The van der Waals surface area contributed by atoms with Gasteiger partial charge in [0.15, 0.2) is 5.75 Å². The van der Waals surface area contributed by atoms with Gasteiger partial charge in [-0.3, -0.25) is 4.98 Å². The minimum absolute atomic E-state index is 0.185. The zero-order valence-electron chi connectivity index (χ0n) is 13.7. The summed E-state index contributed by atoms with van der Waals surface area (Å²) in [5.41, 5.74) is 1.40. The van der Waals surface area contributed by atoms with Gasteiger partial charge in [-0.2, -0.15) is 0 Å². The lowest BCUT2D eigenvalue weighted by atomic mass is 10.1. The molecule has 0 radical (unpaired) electrons. The third-order valence-corrected chi connectivity index (χ3v) is 4.62. The van der Waals surface area contributed by atoms with Crippen molar-refractivity contribution in [1.82, 2.24) is 9.88 Å². The molecule has 1 fully saturated rings. The Morgan fingerprint density at radius 3 is 2.78 bits per heavy atom. The molecule has 6 nitrogen and oxygen atoms in total. The number of hydrogen-bond acceptors (Lipinski definition) is 6. The van der Waals surface area contributed by atoms with Gasteiger partial charge < -0.3 is 14.2 Å². The van der Waals surface area contributed by atoms with Gasteiger partial charge in [0.2, 0.25) is 0 Å². The fourth-order valence-corrected chi connectivity index (χ4v) is 3.02. The Hall–Kier alpha value is -2.18. The third kappa shape index (κ3) is 1.88. The fraction of sp³-hybridized carbons (Fsp3) is 0.412. The lowest BCUT2D eigenvalue weighted by Gasteiger charge is -2.40. The van der Waals surface area contributed by atoms with E-state index in [1.807, 2.05) is 36.2 Å². The van der Waals surface area contributed by atoms with Crippen molar-refractivity contribution in [3.63, 3.8) is 0 Å². The number of aromatic nitrogens is 1. The van der Waals surface area contributed by atoms with E-state index < -0.39 is 5.91 Å². The molecule has 0 saturated carbocycles. The van der Waals surface area contributed by atoms with Crippen LogP contribution in [-0.4, -0.2) is 48.0 Å². The SMILES string of the molecule is COC1=Nc2c(ccc3ncccc23)OC12OCC(C)(C)N2C. The number of nitrogens with zero attached hydrogens (tertiary/aromatic N) is 3. The van der Waals surface area contributed by atoms with Crippen LogP contribution in [0.2, 0.25) is 0 Å². The van der Waals surface area contributed by atoms with Crippen LogP contribution in [0.1, 0.15) is 13.8 Å². The molecule has 1 atom stereocenters. The molecule has 1 saturated heterocycles. The molecule has 4 rings (SSSR count). The molecule has 1 spiro atoms. The van der Waals surface area contributed by atoms with Crippen LogP contribution in [0.4, 0.5) is 5.69 Å².